The Morgan fingerprint density at radius 2 is 1.89 bits per heavy atom. The van der Waals surface area contributed by atoms with Gasteiger partial charge in [0, 0.05) is 44.5 Å². The van der Waals surface area contributed by atoms with Crippen LogP contribution in [0.15, 0.2) is 42.6 Å². The molecule has 2 aromatic rings. The maximum Gasteiger partial charge on any atom is 0.277 e. The lowest BCUT2D eigenvalue weighted by Crippen LogP contribution is -2.36. The molecule has 1 saturated heterocycles. The van der Waals surface area contributed by atoms with Gasteiger partial charge in [-0.15, -0.1) is 0 Å². The Kier molecular flexibility index (Phi) is 5.92. The molecule has 0 spiro atoms. The quantitative estimate of drug-likeness (QED) is 0.585. The van der Waals surface area contributed by atoms with Gasteiger partial charge in [0.25, 0.3) is 5.69 Å². The van der Waals surface area contributed by atoms with Gasteiger partial charge in [0.1, 0.15) is 0 Å². The van der Waals surface area contributed by atoms with Crippen LogP contribution >= 0.6 is 0 Å². The lowest BCUT2D eigenvalue weighted by molar-refractivity contribution is -0.385. The molecule has 28 heavy (non-hydrogen) atoms. The second kappa shape index (κ2) is 8.55. The highest BCUT2D eigenvalue weighted by Gasteiger charge is 2.22. The lowest BCUT2D eigenvalue weighted by atomic mass is 9.97. The number of nitro groups is 1. The fraction of sp³-hybridized carbons (Fsp3) is 0.286. The summed E-state index contributed by atoms with van der Waals surface area (Å²) in [6.45, 7) is 2.68. The molecule has 0 aliphatic carbocycles. The van der Waals surface area contributed by atoms with Crippen LogP contribution in [0.3, 0.4) is 0 Å². The third-order valence-electron chi connectivity index (χ3n) is 4.57. The SMILES string of the molecule is CN(C)/C=C/c1cc(N2CCOCC2)c(-c2ccc(C#N)cc2)cc1[N+](=O)[O-]. The minimum Gasteiger partial charge on any atom is -0.383 e. The van der Waals surface area contributed by atoms with Gasteiger partial charge < -0.3 is 14.5 Å². The molecule has 0 aromatic heterocycles. The summed E-state index contributed by atoms with van der Waals surface area (Å²) in [5.41, 5.74) is 3.70. The first-order valence-electron chi connectivity index (χ1n) is 9.00. The van der Waals surface area contributed by atoms with Gasteiger partial charge in [0.2, 0.25) is 0 Å². The van der Waals surface area contributed by atoms with Crippen LogP contribution in [0, 0.1) is 21.4 Å². The van der Waals surface area contributed by atoms with Crippen molar-refractivity contribution >= 4 is 17.5 Å². The van der Waals surface area contributed by atoms with Gasteiger partial charge >= 0.3 is 0 Å². The number of anilines is 1. The minimum atomic E-state index is -0.356. The zero-order valence-electron chi connectivity index (χ0n) is 16.0. The van der Waals surface area contributed by atoms with Crippen LogP contribution in [0.5, 0.6) is 0 Å². The van der Waals surface area contributed by atoms with E-state index in [2.05, 4.69) is 11.0 Å². The Hall–Kier alpha value is -3.37. The average Bonchev–Trinajstić information content (AvgIpc) is 2.72. The van der Waals surface area contributed by atoms with Crippen molar-refractivity contribution in [3.05, 3.63) is 63.8 Å². The minimum absolute atomic E-state index is 0.0504. The van der Waals surface area contributed by atoms with Crippen molar-refractivity contribution in [2.75, 3.05) is 45.3 Å². The van der Waals surface area contributed by atoms with E-state index in [9.17, 15) is 10.1 Å². The van der Waals surface area contributed by atoms with Gasteiger partial charge in [-0.3, -0.25) is 10.1 Å². The first-order chi connectivity index (χ1) is 13.5. The van der Waals surface area contributed by atoms with Crippen LogP contribution in [-0.4, -0.2) is 50.2 Å². The molecule has 1 aliphatic heterocycles. The number of nitriles is 1. The molecule has 0 radical (unpaired) electrons. The summed E-state index contributed by atoms with van der Waals surface area (Å²) in [6, 6.07) is 12.7. The first-order valence-corrected chi connectivity index (χ1v) is 9.00. The number of hydrogen-bond acceptors (Lipinski definition) is 6. The monoisotopic (exact) mass is 378 g/mol. The Morgan fingerprint density at radius 3 is 2.46 bits per heavy atom. The lowest BCUT2D eigenvalue weighted by Gasteiger charge is -2.31. The van der Waals surface area contributed by atoms with E-state index in [1.165, 1.54) is 0 Å². The largest absolute Gasteiger partial charge is 0.383 e. The van der Waals surface area contributed by atoms with Gasteiger partial charge in [0.05, 0.1) is 35.3 Å². The van der Waals surface area contributed by atoms with Gasteiger partial charge in [-0.2, -0.15) is 5.26 Å². The number of nitrogens with zero attached hydrogens (tertiary/aromatic N) is 4. The molecule has 0 N–H and O–H groups in total. The highest BCUT2D eigenvalue weighted by Crippen LogP contribution is 2.37. The van der Waals surface area contributed by atoms with Crippen molar-refractivity contribution in [3.63, 3.8) is 0 Å². The Labute approximate surface area is 164 Å². The molecule has 0 unspecified atom stereocenters. The van der Waals surface area contributed by atoms with Crippen molar-refractivity contribution in [2.45, 2.75) is 0 Å². The summed E-state index contributed by atoms with van der Waals surface area (Å²) >= 11 is 0. The van der Waals surface area contributed by atoms with E-state index in [4.69, 9.17) is 10.00 Å². The van der Waals surface area contributed by atoms with E-state index in [-0.39, 0.29) is 10.6 Å². The molecule has 0 saturated carbocycles. The molecule has 2 aromatic carbocycles. The number of morpholine rings is 1. The molecule has 144 valence electrons. The molecular formula is C21H22N4O3. The highest BCUT2D eigenvalue weighted by molar-refractivity contribution is 5.84. The number of benzene rings is 2. The van der Waals surface area contributed by atoms with Crippen LogP contribution in [-0.2, 0) is 4.74 Å². The van der Waals surface area contributed by atoms with Gasteiger partial charge in [0.15, 0.2) is 0 Å². The van der Waals surface area contributed by atoms with Crippen LogP contribution in [0.2, 0.25) is 0 Å². The Balaban J connectivity index is 2.18. The van der Waals surface area contributed by atoms with Crippen molar-refractivity contribution in [3.8, 4) is 17.2 Å². The molecule has 0 bridgehead atoms. The van der Waals surface area contributed by atoms with Gasteiger partial charge in [-0.05, 0) is 36.0 Å². The van der Waals surface area contributed by atoms with E-state index in [0.29, 0.717) is 24.3 Å². The summed E-state index contributed by atoms with van der Waals surface area (Å²) in [5, 5.41) is 20.8. The summed E-state index contributed by atoms with van der Waals surface area (Å²) in [5.74, 6) is 0. The summed E-state index contributed by atoms with van der Waals surface area (Å²) in [6.07, 6.45) is 3.55. The summed E-state index contributed by atoms with van der Waals surface area (Å²) in [4.78, 5) is 15.4. The molecule has 7 heteroatoms. The first kappa shape index (κ1) is 19.4. The zero-order valence-corrected chi connectivity index (χ0v) is 16.0. The standard InChI is InChI=1S/C21H22N4O3/c1-23(2)8-7-18-13-21(24-9-11-28-12-10-24)19(14-20(18)25(26)27)17-5-3-16(15-22)4-6-17/h3-8,13-14H,9-12H2,1-2H3/b8-7+. The van der Waals surface area contributed by atoms with Crippen molar-refractivity contribution in [1.29, 1.82) is 5.26 Å². The van der Waals surface area contributed by atoms with Crippen LogP contribution in [0.25, 0.3) is 17.2 Å². The fourth-order valence-electron chi connectivity index (χ4n) is 3.14. The Morgan fingerprint density at radius 1 is 1.21 bits per heavy atom. The van der Waals surface area contributed by atoms with Gasteiger partial charge in [-0.25, -0.2) is 0 Å². The molecule has 0 amide bonds. The maximum atomic E-state index is 11.7. The second-order valence-electron chi connectivity index (χ2n) is 6.75. The van der Waals surface area contributed by atoms with Crippen molar-refractivity contribution in [2.24, 2.45) is 0 Å². The number of rotatable bonds is 5. The zero-order chi connectivity index (χ0) is 20.1. The molecule has 1 heterocycles. The predicted octanol–water partition coefficient (Wildman–Crippen LogP) is 3.50. The third-order valence-corrected chi connectivity index (χ3v) is 4.57. The van der Waals surface area contributed by atoms with E-state index >= 15 is 0 Å². The van der Waals surface area contributed by atoms with Gasteiger partial charge in [-0.1, -0.05) is 12.1 Å². The third kappa shape index (κ3) is 4.30. The fourth-order valence-corrected chi connectivity index (χ4v) is 3.14. The molecule has 1 aliphatic rings. The average molecular weight is 378 g/mol. The van der Waals surface area contributed by atoms with Crippen molar-refractivity contribution < 1.29 is 9.66 Å². The number of ether oxygens (including phenoxy) is 1. The number of nitro benzene ring substituents is 1. The summed E-state index contributed by atoms with van der Waals surface area (Å²) in [7, 11) is 3.74. The molecule has 3 rings (SSSR count). The van der Waals surface area contributed by atoms with Crippen LogP contribution < -0.4 is 4.90 Å². The molecule has 0 atom stereocenters. The predicted molar refractivity (Wildman–Crippen MR) is 109 cm³/mol. The normalized spacial score (nSPS) is 14.1. The van der Waals surface area contributed by atoms with Crippen LogP contribution in [0.4, 0.5) is 11.4 Å². The molecule has 1 fully saturated rings. The molecular weight excluding hydrogens is 356 g/mol. The maximum absolute atomic E-state index is 11.7. The van der Waals surface area contributed by atoms with Crippen molar-refractivity contribution in [1.82, 2.24) is 4.90 Å². The summed E-state index contributed by atoms with van der Waals surface area (Å²) < 4.78 is 5.46. The van der Waals surface area contributed by atoms with E-state index < -0.39 is 0 Å². The van der Waals surface area contributed by atoms with E-state index in [1.54, 1.807) is 30.5 Å². The second-order valence-corrected chi connectivity index (χ2v) is 6.75. The van der Waals surface area contributed by atoms with E-state index in [0.717, 1.165) is 29.9 Å². The highest BCUT2D eigenvalue weighted by atomic mass is 16.6. The van der Waals surface area contributed by atoms with Crippen LogP contribution in [0.1, 0.15) is 11.1 Å². The topological polar surface area (TPSA) is 82.6 Å². The smallest absolute Gasteiger partial charge is 0.277 e. The number of hydrogen-bond donors (Lipinski definition) is 0. The Bertz CT molecular complexity index is 924. The molecule has 7 nitrogen and oxygen atoms in total. The van der Waals surface area contributed by atoms with E-state index in [1.807, 2.05) is 37.2 Å².